The van der Waals surface area contributed by atoms with Crippen molar-refractivity contribution in [2.24, 2.45) is 0 Å². The number of aromatic nitrogens is 2. The van der Waals surface area contributed by atoms with E-state index >= 15 is 0 Å². The van der Waals surface area contributed by atoms with Crippen LogP contribution in [-0.2, 0) is 17.8 Å². The fraction of sp³-hybridized carbons (Fsp3) is 0.571. The van der Waals surface area contributed by atoms with Gasteiger partial charge in [-0.1, -0.05) is 30.3 Å². The van der Waals surface area contributed by atoms with Crippen LogP contribution in [0.25, 0.3) is 0 Å². The zero-order chi connectivity index (χ0) is 17.8. The number of piperidine rings is 1. The van der Waals surface area contributed by atoms with Crippen LogP contribution in [0.5, 0.6) is 0 Å². The van der Waals surface area contributed by atoms with Crippen LogP contribution in [0.4, 0.5) is 0 Å². The number of nitrogens with zero attached hydrogens (tertiary/aromatic N) is 3. The summed E-state index contributed by atoms with van der Waals surface area (Å²) in [7, 11) is 0. The third kappa shape index (κ3) is 4.00. The maximum absolute atomic E-state index is 6.06. The van der Waals surface area contributed by atoms with Gasteiger partial charge in [0.25, 0.3) is 0 Å². The number of aryl methyl sites for hydroxylation is 1. The highest BCUT2D eigenvalue weighted by atomic mass is 16.5. The molecule has 0 radical (unpaired) electrons. The van der Waals surface area contributed by atoms with E-state index in [0.717, 1.165) is 38.5 Å². The first-order valence-electron chi connectivity index (χ1n) is 9.98. The molecular weight excluding hydrogens is 324 g/mol. The summed E-state index contributed by atoms with van der Waals surface area (Å²) in [6, 6.07) is 11.7. The van der Waals surface area contributed by atoms with E-state index in [1.54, 1.807) is 0 Å². The van der Waals surface area contributed by atoms with Crippen LogP contribution in [0.1, 0.15) is 43.7 Å². The molecular formula is C21H30N4O. The normalized spacial score (nSPS) is 27.0. The molecule has 1 N–H and O–H groups in total. The van der Waals surface area contributed by atoms with Crippen LogP contribution < -0.4 is 5.32 Å². The Morgan fingerprint density at radius 3 is 2.96 bits per heavy atom. The minimum Gasteiger partial charge on any atom is -0.369 e. The molecule has 2 aliphatic heterocycles. The van der Waals surface area contributed by atoms with Crippen LogP contribution in [0.15, 0.2) is 42.7 Å². The summed E-state index contributed by atoms with van der Waals surface area (Å²) < 4.78 is 8.26. The highest BCUT2D eigenvalue weighted by Gasteiger charge is 2.34. The fourth-order valence-corrected chi connectivity index (χ4v) is 4.34. The van der Waals surface area contributed by atoms with Crippen molar-refractivity contribution in [2.45, 2.75) is 57.5 Å². The van der Waals surface area contributed by atoms with Gasteiger partial charge in [0.05, 0.1) is 0 Å². The van der Waals surface area contributed by atoms with Gasteiger partial charge < -0.3 is 14.6 Å². The topological polar surface area (TPSA) is 42.3 Å². The molecule has 5 heteroatoms. The molecule has 3 heterocycles. The maximum Gasteiger partial charge on any atom is 0.139 e. The zero-order valence-electron chi connectivity index (χ0n) is 15.7. The average Bonchev–Trinajstić information content (AvgIpc) is 3.31. The number of rotatable bonds is 6. The van der Waals surface area contributed by atoms with E-state index in [2.05, 4.69) is 63.2 Å². The van der Waals surface area contributed by atoms with Gasteiger partial charge in [-0.3, -0.25) is 4.90 Å². The molecule has 1 aromatic heterocycles. The molecule has 5 nitrogen and oxygen atoms in total. The molecule has 0 aliphatic carbocycles. The van der Waals surface area contributed by atoms with Crippen molar-refractivity contribution in [2.75, 3.05) is 19.7 Å². The van der Waals surface area contributed by atoms with Gasteiger partial charge in [-0.2, -0.15) is 0 Å². The molecule has 3 atom stereocenters. The monoisotopic (exact) mass is 354 g/mol. The zero-order valence-corrected chi connectivity index (χ0v) is 15.7. The first-order valence-corrected chi connectivity index (χ1v) is 9.98. The summed E-state index contributed by atoms with van der Waals surface area (Å²) in [5.41, 5.74) is 1.40. The van der Waals surface area contributed by atoms with E-state index in [-0.39, 0.29) is 6.10 Å². The number of hydrogen-bond acceptors (Lipinski definition) is 4. The first kappa shape index (κ1) is 17.7. The van der Waals surface area contributed by atoms with Gasteiger partial charge in [0.15, 0.2) is 0 Å². The van der Waals surface area contributed by atoms with Crippen LogP contribution >= 0.6 is 0 Å². The highest BCUT2D eigenvalue weighted by molar-refractivity contribution is 5.14. The molecule has 2 saturated heterocycles. The molecule has 0 unspecified atom stereocenters. The van der Waals surface area contributed by atoms with E-state index in [1.165, 1.54) is 24.9 Å². The molecule has 26 heavy (non-hydrogen) atoms. The lowest BCUT2D eigenvalue weighted by Crippen LogP contribution is -2.49. The van der Waals surface area contributed by atoms with Gasteiger partial charge in [-0.05, 0) is 38.3 Å². The van der Waals surface area contributed by atoms with Crippen molar-refractivity contribution < 1.29 is 4.74 Å². The predicted molar refractivity (Wildman–Crippen MR) is 103 cm³/mol. The molecule has 0 amide bonds. The number of benzene rings is 1. The Morgan fingerprint density at radius 1 is 1.23 bits per heavy atom. The van der Waals surface area contributed by atoms with Gasteiger partial charge in [-0.25, -0.2) is 4.98 Å². The number of hydrogen-bond donors (Lipinski definition) is 1. The Kier molecular flexibility index (Phi) is 5.68. The van der Waals surface area contributed by atoms with E-state index in [4.69, 9.17) is 4.74 Å². The molecule has 0 saturated carbocycles. The third-order valence-corrected chi connectivity index (χ3v) is 5.64. The molecule has 2 aromatic rings. The van der Waals surface area contributed by atoms with Crippen molar-refractivity contribution in [1.82, 2.24) is 19.8 Å². The van der Waals surface area contributed by atoms with Crippen molar-refractivity contribution in [3.63, 3.8) is 0 Å². The van der Waals surface area contributed by atoms with E-state index in [0.29, 0.717) is 12.1 Å². The Morgan fingerprint density at radius 2 is 2.12 bits per heavy atom. The second-order valence-corrected chi connectivity index (χ2v) is 7.48. The van der Waals surface area contributed by atoms with Gasteiger partial charge in [0.1, 0.15) is 11.9 Å². The second-order valence-electron chi connectivity index (χ2n) is 7.48. The second kappa shape index (κ2) is 8.33. The fourth-order valence-electron chi connectivity index (χ4n) is 4.34. The Bertz CT molecular complexity index is 686. The number of imidazole rings is 1. The smallest absolute Gasteiger partial charge is 0.139 e. The van der Waals surface area contributed by atoms with E-state index in [1.807, 2.05) is 6.20 Å². The molecule has 4 rings (SSSR count). The minimum absolute atomic E-state index is 0.0782. The largest absolute Gasteiger partial charge is 0.369 e. The summed E-state index contributed by atoms with van der Waals surface area (Å²) in [6.45, 7) is 7.27. The third-order valence-electron chi connectivity index (χ3n) is 5.64. The quantitative estimate of drug-likeness (QED) is 0.866. The standard InChI is InChI=1S/C21H30N4O/c1-2-25-13-11-22-21(25)20-19(10-14-26-20)23-18-9-6-12-24(16-18)15-17-7-4-3-5-8-17/h3-5,7-8,11,13,18-20,23H,2,6,9-10,12,14-16H2,1H3/t18-,19-,20-/m0/s1. The lowest BCUT2D eigenvalue weighted by atomic mass is 10.0. The van der Waals surface area contributed by atoms with Crippen LogP contribution in [0.3, 0.4) is 0 Å². The number of nitrogens with one attached hydrogen (secondary N) is 1. The van der Waals surface area contributed by atoms with Crippen molar-refractivity contribution in [3.8, 4) is 0 Å². The van der Waals surface area contributed by atoms with Crippen LogP contribution in [-0.4, -0.2) is 46.2 Å². The van der Waals surface area contributed by atoms with Crippen LogP contribution in [0.2, 0.25) is 0 Å². The number of ether oxygens (including phenoxy) is 1. The Labute approximate surface area is 156 Å². The van der Waals surface area contributed by atoms with Crippen molar-refractivity contribution in [3.05, 3.63) is 54.1 Å². The maximum atomic E-state index is 6.06. The summed E-state index contributed by atoms with van der Waals surface area (Å²) in [6.07, 6.45) is 7.59. The van der Waals surface area contributed by atoms with Gasteiger partial charge >= 0.3 is 0 Å². The van der Waals surface area contributed by atoms with Crippen LogP contribution in [0, 0.1) is 0 Å². The minimum atomic E-state index is 0.0782. The SMILES string of the molecule is CCn1ccnc1[C@H]1OCC[C@@H]1N[C@H]1CCCN(Cc2ccccc2)C1. The summed E-state index contributed by atoms with van der Waals surface area (Å²) >= 11 is 0. The predicted octanol–water partition coefficient (Wildman–Crippen LogP) is 2.99. The van der Waals surface area contributed by atoms with Gasteiger partial charge in [-0.15, -0.1) is 0 Å². The van der Waals surface area contributed by atoms with Crippen molar-refractivity contribution in [1.29, 1.82) is 0 Å². The lowest BCUT2D eigenvalue weighted by Gasteiger charge is -2.35. The average molecular weight is 354 g/mol. The summed E-state index contributed by atoms with van der Waals surface area (Å²) in [5.74, 6) is 1.07. The summed E-state index contributed by atoms with van der Waals surface area (Å²) in [4.78, 5) is 7.15. The molecule has 0 bridgehead atoms. The van der Waals surface area contributed by atoms with E-state index < -0.39 is 0 Å². The molecule has 2 fully saturated rings. The van der Waals surface area contributed by atoms with Gasteiger partial charge in [0, 0.05) is 50.7 Å². The molecule has 1 aromatic carbocycles. The van der Waals surface area contributed by atoms with Gasteiger partial charge in [0.2, 0.25) is 0 Å². The van der Waals surface area contributed by atoms with E-state index in [9.17, 15) is 0 Å². The molecule has 0 spiro atoms. The lowest BCUT2D eigenvalue weighted by molar-refractivity contribution is 0.0813. The molecule has 2 aliphatic rings. The first-order chi connectivity index (χ1) is 12.8. The van der Waals surface area contributed by atoms with Crippen molar-refractivity contribution >= 4 is 0 Å². The molecule has 140 valence electrons. The summed E-state index contributed by atoms with van der Waals surface area (Å²) in [5, 5.41) is 3.90. The highest BCUT2D eigenvalue weighted by Crippen LogP contribution is 2.29. The Balaban J connectivity index is 1.37. The number of likely N-dealkylation sites (tertiary alicyclic amines) is 1. The Hall–Kier alpha value is -1.69.